The molecular formula is C11H12FNO. The van der Waals surface area contributed by atoms with E-state index in [1.165, 1.54) is 13.2 Å². The molecule has 0 bridgehead atoms. The number of ether oxygens (including phenoxy) is 1. The van der Waals surface area contributed by atoms with Crippen LogP contribution in [0.3, 0.4) is 0 Å². The van der Waals surface area contributed by atoms with E-state index in [1.54, 1.807) is 13.8 Å². The van der Waals surface area contributed by atoms with Crippen LogP contribution in [0.5, 0.6) is 5.75 Å². The minimum atomic E-state index is -0.284. The van der Waals surface area contributed by atoms with Crippen LogP contribution in [0.2, 0.25) is 0 Å². The van der Waals surface area contributed by atoms with E-state index < -0.39 is 0 Å². The first-order valence-electron chi connectivity index (χ1n) is 4.31. The molecule has 0 atom stereocenters. The molecule has 0 amide bonds. The molecule has 1 rings (SSSR count). The molecule has 1 aromatic carbocycles. The van der Waals surface area contributed by atoms with Gasteiger partial charge in [0.25, 0.3) is 0 Å². The van der Waals surface area contributed by atoms with Crippen LogP contribution >= 0.6 is 0 Å². The number of benzene rings is 1. The lowest BCUT2D eigenvalue weighted by Crippen LogP contribution is -2.00. The Balaban J connectivity index is 3.41. The predicted molar refractivity (Wildman–Crippen MR) is 51.7 cm³/mol. The van der Waals surface area contributed by atoms with Crippen LogP contribution < -0.4 is 4.74 Å². The molecule has 3 heteroatoms. The van der Waals surface area contributed by atoms with Crippen LogP contribution in [0.15, 0.2) is 6.07 Å². The van der Waals surface area contributed by atoms with Crippen molar-refractivity contribution in [1.29, 1.82) is 5.26 Å². The van der Waals surface area contributed by atoms with E-state index in [9.17, 15) is 4.39 Å². The van der Waals surface area contributed by atoms with Crippen molar-refractivity contribution < 1.29 is 9.13 Å². The Morgan fingerprint density at radius 1 is 1.50 bits per heavy atom. The summed E-state index contributed by atoms with van der Waals surface area (Å²) in [5.41, 5.74) is 1.86. The van der Waals surface area contributed by atoms with E-state index in [1.807, 2.05) is 6.07 Å². The monoisotopic (exact) mass is 193 g/mol. The molecule has 0 saturated carbocycles. The number of aryl methyl sites for hydroxylation is 1. The lowest BCUT2D eigenvalue weighted by atomic mass is 10.0. The first-order chi connectivity index (χ1) is 6.61. The fraction of sp³-hybridized carbons (Fsp3) is 0.364. The molecule has 74 valence electrons. The SMILES string of the molecule is COc1c(C)cc(F)c(C)c1CC#N. The lowest BCUT2D eigenvalue weighted by Gasteiger charge is -2.12. The second kappa shape index (κ2) is 4.10. The second-order valence-electron chi connectivity index (χ2n) is 3.15. The Bertz CT molecular complexity index is 393. The third-order valence-corrected chi connectivity index (χ3v) is 2.25. The molecule has 14 heavy (non-hydrogen) atoms. The smallest absolute Gasteiger partial charge is 0.126 e. The molecule has 0 radical (unpaired) electrons. The van der Waals surface area contributed by atoms with Gasteiger partial charge in [-0.05, 0) is 31.0 Å². The van der Waals surface area contributed by atoms with Crippen molar-refractivity contribution in [3.05, 3.63) is 28.6 Å². The Morgan fingerprint density at radius 2 is 2.14 bits per heavy atom. The fourth-order valence-corrected chi connectivity index (χ4v) is 1.49. The van der Waals surface area contributed by atoms with Gasteiger partial charge < -0.3 is 4.74 Å². The highest BCUT2D eigenvalue weighted by molar-refractivity contribution is 5.47. The van der Waals surface area contributed by atoms with Crippen molar-refractivity contribution in [2.45, 2.75) is 20.3 Å². The van der Waals surface area contributed by atoms with Crippen molar-refractivity contribution >= 4 is 0 Å². The Hall–Kier alpha value is -1.56. The zero-order valence-corrected chi connectivity index (χ0v) is 8.52. The summed E-state index contributed by atoms with van der Waals surface area (Å²) in [6.07, 6.45) is 0.174. The first-order valence-corrected chi connectivity index (χ1v) is 4.31. The fourth-order valence-electron chi connectivity index (χ4n) is 1.49. The third kappa shape index (κ3) is 1.69. The third-order valence-electron chi connectivity index (χ3n) is 2.25. The van der Waals surface area contributed by atoms with E-state index in [4.69, 9.17) is 10.00 Å². The number of hydrogen-bond donors (Lipinski definition) is 0. The number of methoxy groups -OCH3 is 1. The van der Waals surface area contributed by atoms with Gasteiger partial charge in [-0.1, -0.05) is 0 Å². The summed E-state index contributed by atoms with van der Waals surface area (Å²) in [5.74, 6) is 0.332. The molecule has 0 N–H and O–H groups in total. The van der Waals surface area contributed by atoms with Crippen molar-refractivity contribution in [2.75, 3.05) is 7.11 Å². The number of nitriles is 1. The van der Waals surface area contributed by atoms with E-state index in [0.29, 0.717) is 16.9 Å². The van der Waals surface area contributed by atoms with E-state index in [0.717, 1.165) is 5.56 Å². The van der Waals surface area contributed by atoms with Gasteiger partial charge in [0.05, 0.1) is 19.6 Å². The van der Waals surface area contributed by atoms with Crippen LogP contribution in [-0.4, -0.2) is 7.11 Å². The van der Waals surface area contributed by atoms with Crippen LogP contribution in [0.4, 0.5) is 4.39 Å². The van der Waals surface area contributed by atoms with Crippen LogP contribution in [-0.2, 0) is 6.42 Å². The summed E-state index contributed by atoms with van der Waals surface area (Å²) in [4.78, 5) is 0. The molecule has 0 aliphatic carbocycles. The molecule has 0 saturated heterocycles. The second-order valence-corrected chi connectivity index (χ2v) is 3.15. The average molecular weight is 193 g/mol. The Kier molecular flexibility index (Phi) is 3.08. The zero-order valence-electron chi connectivity index (χ0n) is 8.52. The molecule has 0 aliphatic heterocycles. The number of nitrogens with zero attached hydrogens (tertiary/aromatic N) is 1. The Morgan fingerprint density at radius 3 is 2.64 bits per heavy atom. The summed E-state index contributed by atoms with van der Waals surface area (Å²) in [6.45, 7) is 3.42. The van der Waals surface area contributed by atoms with Crippen molar-refractivity contribution in [2.24, 2.45) is 0 Å². The van der Waals surface area contributed by atoms with Gasteiger partial charge in [-0.2, -0.15) is 5.26 Å². The van der Waals surface area contributed by atoms with Gasteiger partial charge in [0.2, 0.25) is 0 Å². The molecular weight excluding hydrogens is 181 g/mol. The maximum atomic E-state index is 13.3. The quantitative estimate of drug-likeness (QED) is 0.723. The van der Waals surface area contributed by atoms with Crippen molar-refractivity contribution in [1.82, 2.24) is 0 Å². The average Bonchev–Trinajstić information content (AvgIpc) is 2.14. The summed E-state index contributed by atoms with van der Waals surface area (Å²) < 4.78 is 18.5. The van der Waals surface area contributed by atoms with Gasteiger partial charge in [0.15, 0.2) is 0 Å². The van der Waals surface area contributed by atoms with E-state index in [-0.39, 0.29) is 12.2 Å². The lowest BCUT2D eigenvalue weighted by molar-refractivity contribution is 0.405. The molecule has 1 aromatic rings. The first kappa shape index (κ1) is 10.5. The summed E-state index contributed by atoms with van der Waals surface area (Å²) >= 11 is 0. The summed E-state index contributed by atoms with van der Waals surface area (Å²) in [7, 11) is 1.53. The van der Waals surface area contributed by atoms with Gasteiger partial charge in [-0.15, -0.1) is 0 Å². The molecule has 0 spiro atoms. The minimum absolute atomic E-state index is 0.174. The van der Waals surface area contributed by atoms with Crippen molar-refractivity contribution in [3.63, 3.8) is 0 Å². The maximum absolute atomic E-state index is 13.3. The topological polar surface area (TPSA) is 33.0 Å². The van der Waals surface area contributed by atoms with Crippen LogP contribution in [0, 0.1) is 31.0 Å². The van der Waals surface area contributed by atoms with Gasteiger partial charge in [0.1, 0.15) is 11.6 Å². The van der Waals surface area contributed by atoms with E-state index in [2.05, 4.69) is 0 Å². The van der Waals surface area contributed by atoms with Gasteiger partial charge >= 0.3 is 0 Å². The highest BCUT2D eigenvalue weighted by Crippen LogP contribution is 2.28. The number of hydrogen-bond acceptors (Lipinski definition) is 2. The largest absolute Gasteiger partial charge is 0.496 e. The van der Waals surface area contributed by atoms with Gasteiger partial charge in [0, 0.05) is 5.56 Å². The maximum Gasteiger partial charge on any atom is 0.126 e. The normalized spacial score (nSPS) is 9.64. The summed E-state index contributed by atoms with van der Waals surface area (Å²) in [5, 5.41) is 8.62. The summed E-state index contributed by atoms with van der Waals surface area (Å²) in [6, 6.07) is 3.43. The molecule has 0 heterocycles. The van der Waals surface area contributed by atoms with Gasteiger partial charge in [-0.25, -0.2) is 4.39 Å². The number of halogens is 1. The van der Waals surface area contributed by atoms with E-state index >= 15 is 0 Å². The molecule has 0 aromatic heterocycles. The number of rotatable bonds is 2. The highest BCUT2D eigenvalue weighted by atomic mass is 19.1. The zero-order chi connectivity index (χ0) is 10.7. The van der Waals surface area contributed by atoms with Crippen molar-refractivity contribution in [3.8, 4) is 11.8 Å². The standard InChI is InChI=1S/C11H12FNO/c1-7-6-10(12)8(2)9(4-5-13)11(7)14-3/h6H,4H2,1-3H3. The van der Waals surface area contributed by atoms with Crippen LogP contribution in [0.25, 0.3) is 0 Å². The predicted octanol–water partition coefficient (Wildman–Crippen LogP) is 2.52. The Labute approximate surface area is 82.9 Å². The van der Waals surface area contributed by atoms with Gasteiger partial charge in [-0.3, -0.25) is 0 Å². The van der Waals surface area contributed by atoms with Crippen LogP contribution in [0.1, 0.15) is 16.7 Å². The molecule has 2 nitrogen and oxygen atoms in total. The minimum Gasteiger partial charge on any atom is -0.496 e. The highest BCUT2D eigenvalue weighted by Gasteiger charge is 2.13. The molecule has 0 aliphatic rings. The molecule has 0 fully saturated rings. The molecule has 0 unspecified atom stereocenters.